The summed E-state index contributed by atoms with van der Waals surface area (Å²) in [5.41, 5.74) is 6.60. The van der Waals surface area contributed by atoms with E-state index in [9.17, 15) is 19.5 Å². The molecule has 268 valence electrons. The molecule has 3 atom stereocenters. The molecule has 1 saturated heterocycles. The number of anilines is 1. The van der Waals surface area contributed by atoms with Crippen LogP contribution in [0.3, 0.4) is 0 Å². The molecular formula is C41H46N2O7S. The Kier molecular flexibility index (Phi) is 14.2. The van der Waals surface area contributed by atoms with Crippen LogP contribution in [0, 0.1) is 0 Å². The number of thioether (sulfide) groups is 1. The first-order valence-electron chi connectivity index (χ1n) is 17.4. The van der Waals surface area contributed by atoms with Crippen LogP contribution in [0.1, 0.15) is 86.5 Å². The second-order valence-electron chi connectivity index (χ2n) is 12.7. The van der Waals surface area contributed by atoms with Crippen molar-refractivity contribution >= 4 is 35.2 Å². The van der Waals surface area contributed by atoms with Crippen molar-refractivity contribution in [2.45, 2.75) is 88.4 Å². The maximum absolute atomic E-state index is 12.5. The number of aliphatic carboxylic acids is 1. The van der Waals surface area contributed by atoms with Crippen LogP contribution in [0.5, 0.6) is 0 Å². The number of hydrogen-bond donors (Lipinski definition) is 4. The molecule has 0 spiro atoms. The fourth-order valence-corrected chi connectivity index (χ4v) is 6.94. The highest BCUT2D eigenvalue weighted by molar-refractivity contribution is 7.99. The lowest BCUT2D eigenvalue weighted by Gasteiger charge is -2.36. The van der Waals surface area contributed by atoms with Gasteiger partial charge in [-0.1, -0.05) is 85.6 Å². The maximum atomic E-state index is 12.5. The minimum atomic E-state index is -0.782. The first-order chi connectivity index (χ1) is 24.8. The molecule has 0 radical (unpaired) electrons. The van der Waals surface area contributed by atoms with E-state index in [1.54, 1.807) is 11.8 Å². The van der Waals surface area contributed by atoms with E-state index in [0.717, 1.165) is 63.2 Å². The number of carbonyl (C=O) groups is 3. The van der Waals surface area contributed by atoms with Crippen molar-refractivity contribution in [2.24, 2.45) is 0 Å². The van der Waals surface area contributed by atoms with E-state index < -0.39 is 12.3 Å². The van der Waals surface area contributed by atoms with Crippen molar-refractivity contribution in [1.29, 1.82) is 0 Å². The van der Waals surface area contributed by atoms with E-state index in [1.807, 2.05) is 78.9 Å². The predicted molar refractivity (Wildman–Crippen MR) is 199 cm³/mol. The van der Waals surface area contributed by atoms with Crippen LogP contribution in [0.4, 0.5) is 5.69 Å². The summed E-state index contributed by atoms with van der Waals surface area (Å²) in [4.78, 5) is 35.7. The van der Waals surface area contributed by atoms with Crippen LogP contribution >= 0.6 is 11.8 Å². The molecule has 1 fully saturated rings. The van der Waals surface area contributed by atoms with Gasteiger partial charge in [-0.2, -0.15) is 0 Å². The zero-order valence-electron chi connectivity index (χ0n) is 28.9. The third-order valence-corrected chi connectivity index (χ3v) is 9.90. The lowest BCUT2D eigenvalue weighted by atomic mass is 9.97. The Hall–Kier alpha value is -4.48. The van der Waals surface area contributed by atoms with Gasteiger partial charge in [0, 0.05) is 54.6 Å². The number of rotatable bonds is 17. The summed E-state index contributed by atoms with van der Waals surface area (Å²) in [7, 11) is 0. The summed E-state index contributed by atoms with van der Waals surface area (Å²) in [5, 5.41) is 24.2. The lowest BCUT2D eigenvalue weighted by molar-refractivity contribution is -0.245. The number of aliphatic hydroxyl groups is 1. The number of carboxylic acids is 1. The Bertz CT molecular complexity index is 1730. The Morgan fingerprint density at radius 3 is 2.18 bits per heavy atom. The molecule has 9 nitrogen and oxygen atoms in total. The first-order valence-corrected chi connectivity index (χ1v) is 18.4. The molecule has 0 saturated carbocycles. The Morgan fingerprint density at radius 1 is 0.804 bits per heavy atom. The summed E-state index contributed by atoms with van der Waals surface area (Å²) in [6.07, 6.45) is 3.41. The molecule has 2 amide bonds. The van der Waals surface area contributed by atoms with Crippen molar-refractivity contribution < 1.29 is 34.1 Å². The molecule has 10 heteroatoms. The van der Waals surface area contributed by atoms with Gasteiger partial charge in [0.05, 0.1) is 18.8 Å². The molecule has 1 heterocycles. The van der Waals surface area contributed by atoms with Gasteiger partial charge >= 0.3 is 5.97 Å². The summed E-state index contributed by atoms with van der Waals surface area (Å²) < 4.78 is 13.1. The first kappa shape index (κ1) is 37.8. The standard InChI is InChI=1S/C41H46N2O7S/c1-28(45)43-34-20-22-36(23-21-34)51-27-35-24-38(31-14-12-29(26-44)13-15-31)50-41(49-35)32-18-16-30(17-19-32)37-9-7-6-8-33(37)25-42-39(46)10-4-2-3-5-11-40(47)48/h6-9,12-23,35,38,41,44H,2-5,10-11,24-27H2,1H3,(H,42,46)(H,43,45)(H,47,48). The van der Waals surface area contributed by atoms with Gasteiger partial charge < -0.3 is 30.3 Å². The summed E-state index contributed by atoms with van der Waals surface area (Å²) in [6, 6.07) is 31.8. The molecule has 0 aliphatic carbocycles. The van der Waals surface area contributed by atoms with E-state index in [-0.39, 0.29) is 37.0 Å². The van der Waals surface area contributed by atoms with Crippen LogP contribution in [0.15, 0.2) is 102 Å². The third-order valence-electron chi connectivity index (χ3n) is 8.76. The highest BCUT2D eigenvalue weighted by Crippen LogP contribution is 2.40. The Labute approximate surface area is 303 Å². The summed E-state index contributed by atoms with van der Waals surface area (Å²) in [6.45, 7) is 1.89. The number of hydrogen-bond acceptors (Lipinski definition) is 7. The zero-order chi connectivity index (χ0) is 36.0. The molecule has 51 heavy (non-hydrogen) atoms. The van der Waals surface area contributed by atoms with Crippen molar-refractivity contribution in [3.05, 3.63) is 119 Å². The van der Waals surface area contributed by atoms with E-state index in [0.29, 0.717) is 31.6 Å². The number of carbonyl (C=O) groups excluding carboxylic acids is 2. The van der Waals surface area contributed by atoms with Gasteiger partial charge in [0.25, 0.3) is 0 Å². The van der Waals surface area contributed by atoms with E-state index in [1.165, 1.54) is 6.92 Å². The van der Waals surface area contributed by atoms with Crippen LogP contribution in [-0.2, 0) is 37.0 Å². The molecule has 0 bridgehead atoms. The van der Waals surface area contributed by atoms with Gasteiger partial charge in [-0.15, -0.1) is 11.8 Å². The fraction of sp³-hybridized carbons (Fsp3) is 0.341. The average Bonchev–Trinajstić information content (AvgIpc) is 3.15. The fourth-order valence-electron chi connectivity index (χ4n) is 6.02. The molecule has 3 unspecified atom stereocenters. The Morgan fingerprint density at radius 2 is 1.49 bits per heavy atom. The molecule has 4 aromatic rings. The maximum Gasteiger partial charge on any atom is 0.303 e. The molecule has 5 rings (SSSR count). The van der Waals surface area contributed by atoms with Crippen LogP contribution in [-0.4, -0.2) is 39.9 Å². The van der Waals surface area contributed by atoms with E-state index >= 15 is 0 Å². The number of amides is 2. The minimum Gasteiger partial charge on any atom is -0.481 e. The molecule has 4 N–H and O–H groups in total. The summed E-state index contributed by atoms with van der Waals surface area (Å²) in [5.74, 6) is -0.185. The number of nitrogens with one attached hydrogen (secondary N) is 2. The number of ether oxygens (including phenoxy) is 2. The molecule has 1 aliphatic rings. The SMILES string of the molecule is CC(=O)Nc1ccc(SCC2CC(c3ccc(CO)cc3)OC(c3ccc(-c4ccccc4CNC(=O)CCCCCCC(=O)O)cc3)O2)cc1. The number of benzene rings is 4. The average molecular weight is 711 g/mol. The van der Waals surface area contributed by atoms with Gasteiger partial charge in [0.1, 0.15) is 0 Å². The van der Waals surface area contributed by atoms with Crippen LogP contribution < -0.4 is 10.6 Å². The Balaban J connectivity index is 1.23. The highest BCUT2D eigenvalue weighted by Gasteiger charge is 2.32. The van der Waals surface area contributed by atoms with Gasteiger partial charge in [-0.3, -0.25) is 14.4 Å². The van der Waals surface area contributed by atoms with Crippen molar-refractivity contribution in [2.75, 3.05) is 11.1 Å². The highest BCUT2D eigenvalue weighted by atomic mass is 32.2. The molecular weight excluding hydrogens is 665 g/mol. The lowest BCUT2D eigenvalue weighted by Crippen LogP contribution is -2.31. The normalized spacial score (nSPS) is 17.1. The van der Waals surface area contributed by atoms with Crippen molar-refractivity contribution in [1.82, 2.24) is 5.32 Å². The van der Waals surface area contributed by atoms with Gasteiger partial charge in [0.15, 0.2) is 6.29 Å². The zero-order valence-corrected chi connectivity index (χ0v) is 29.7. The second kappa shape index (κ2) is 19.2. The molecule has 1 aliphatic heterocycles. The smallest absolute Gasteiger partial charge is 0.303 e. The topological polar surface area (TPSA) is 134 Å². The minimum absolute atomic E-state index is 0.0136. The third kappa shape index (κ3) is 11.8. The van der Waals surface area contributed by atoms with Crippen molar-refractivity contribution in [3.8, 4) is 11.1 Å². The van der Waals surface area contributed by atoms with Gasteiger partial charge in [-0.25, -0.2) is 0 Å². The van der Waals surface area contributed by atoms with E-state index in [2.05, 4.69) is 28.8 Å². The van der Waals surface area contributed by atoms with Crippen molar-refractivity contribution in [3.63, 3.8) is 0 Å². The molecule has 0 aromatic heterocycles. The molecule has 4 aromatic carbocycles. The van der Waals surface area contributed by atoms with Gasteiger partial charge in [-0.05, 0) is 64.9 Å². The second-order valence-corrected chi connectivity index (χ2v) is 13.8. The number of aliphatic hydroxyl groups excluding tert-OH is 1. The van der Waals surface area contributed by atoms with E-state index in [4.69, 9.17) is 14.6 Å². The predicted octanol–water partition coefficient (Wildman–Crippen LogP) is 8.18. The quantitative estimate of drug-likeness (QED) is 0.0637. The van der Waals surface area contributed by atoms with Gasteiger partial charge in [0.2, 0.25) is 11.8 Å². The number of carboxylic acid groups (broad SMARTS) is 1. The van der Waals surface area contributed by atoms with Crippen LogP contribution in [0.2, 0.25) is 0 Å². The van der Waals surface area contributed by atoms with Crippen LogP contribution in [0.25, 0.3) is 11.1 Å². The summed E-state index contributed by atoms with van der Waals surface area (Å²) >= 11 is 1.70. The largest absolute Gasteiger partial charge is 0.481 e. The number of unbranched alkanes of at least 4 members (excludes halogenated alkanes) is 3. The monoisotopic (exact) mass is 710 g/mol.